The van der Waals surface area contributed by atoms with E-state index in [1.54, 1.807) is 12.4 Å². The quantitative estimate of drug-likeness (QED) is 0.603. The fourth-order valence-corrected chi connectivity index (χ4v) is 2.85. The standard InChI is InChI=1S/C19H16BrN3O/c1-12(2)24-19-6-7-22-10-13(19)8-18(21-3)16-11-23-17-5-4-14(20)9-15(16)17/h4-12,23H,1-2H3/b18-8-. The van der Waals surface area contributed by atoms with Gasteiger partial charge in [-0.25, -0.2) is 4.85 Å². The maximum atomic E-state index is 7.60. The monoisotopic (exact) mass is 381 g/mol. The van der Waals surface area contributed by atoms with Gasteiger partial charge in [0.05, 0.1) is 12.7 Å². The Balaban J connectivity index is 2.10. The number of benzene rings is 1. The lowest BCUT2D eigenvalue weighted by atomic mass is 10.1. The molecule has 0 radical (unpaired) electrons. The molecule has 0 atom stereocenters. The number of pyridine rings is 1. The van der Waals surface area contributed by atoms with Crippen LogP contribution < -0.4 is 4.74 Å². The highest BCUT2D eigenvalue weighted by Gasteiger charge is 2.11. The van der Waals surface area contributed by atoms with Crippen LogP contribution in [-0.4, -0.2) is 16.1 Å². The minimum atomic E-state index is 0.0555. The molecule has 0 unspecified atom stereocenters. The fraction of sp³-hybridized carbons (Fsp3) is 0.158. The Bertz CT molecular complexity index is 951. The molecule has 3 aromatic rings. The van der Waals surface area contributed by atoms with E-state index in [9.17, 15) is 0 Å². The second-order valence-electron chi connectivity index (χ2n) is 5.61. The summed E-state index contributed by atoms with van der Waals surface area (Å²) in [5, 5.41) is 1.00. The van der Waals surface area contributed by atoms with E-state index in [4.69, 9.17) is 11.3 Å². The van der Waals surface area contributed by atoms with E-state index in [0.29, 0.717) is 5.70 Å². The molecule has 3 rings (SSSR count). The Morgan fingerprint density at radius 2 is 2.21 bits per heavy atom. The van der Waals surface area contributed by atoms with Crippen LogP contribution in [0, 0.1) is 6.57 Å². The van der Waals surface area contributed by atoms with Crippen LogP contribution in [0.25, 0.3) is 27.5 Å². The van der Waals surface area contributed by atoms with Gasteiger partial charge in [-0.05, 0) is 55.8 Å². The van der Waals surface area contributed by atoms with Gasteiger partial charge in [0.25, 0.3) is 0 Å². The molecule has 0 aliphatic rings. The van der Waals surface area contributed by atoms with Crippen LogP contribution in [0.2, 0.25) is 0 Å². The van der Waals surface area contributed by atoms with Gasteiger partial charge in [0.2, 0.25) is 0 Å². The maximum absolute atomic E-state index is 7.60. The van der Waals surface area contributed by atoms with Gasteiger partial charge in [0, 0.05) is 33.5 Å². The number of ether oxygens (including phenoxy) is 1. The van der Waals surface area contributed by atoms with Crippen LogP contribution in [0.15, 0.2) is 47.3 Å². The number of hydrogen-bond donors (Lipinski definition) is 1. The van der Waals surface area contributed by atoms with Crippen LogP contribution in [0.4, 0.5) is 0 Å². The minimum Gasteiger partial charge on any atom is -0.490 e. The molecule has 4 nitrogen and oxygen atoms in total. The predicted molar refractivity (Wildman–Crippen MR) is 100 cm³/mol. The van der Waals surface area contributed by atoms with Gasteiger partial charge >= 0.3 is 0 Å². The van der Waals surface area contributed by atoms with Crippen molar-refractivity contribution in [3.05, 3.63) is 69.9 Å². The van der Waals surface area contributed by atoms with Crippen molar-refractivity contribution < 1.29 is 4.74 Å². The molecule has 2 aromatic heterocycles. The number of halogens is 1. The highest BCUT2D eigenvalue weighted by Crippen LogP contribution is 2.31. The van der Waals surface area contributed by atoms with Crippen LogP contribution in [0.1, 0.15) is 25.0 Å². The molecule has 0 spiro atoms. The third kappa shape index (κ3) is 3.34. The number of nitrogens with zero attached hydrogens (tertiary/aromatic N) is 2. The van der Waals surface area contributed by atoms with Crippen molar-refractivity contribution >= 4 is 38.6 Å². The number of H-pyrrole nitrogens is 1. The summed E-state index contributed by atoms with van der Waals surface area (Å²) in [4.78, 5) is 11.1. The summed E-state index contributed by atoms with van der Waals surface area (Å²) in [5.74, 6) is 0.724. The smallest absolute Gasteiger partial charge is 0.197 e. The topological polar surface area (TPSA) is 42.3 Å². The van der Waals surface area contributed by atoms with Gasteiger partial charge in [0.1, 0.15) is 5.75 Å². The first-order valence-corrected chi connectivity index (χ1v) is 8.34. The zero-order valence-electron chi connectivity index (χ0n) is 13.4. The zero-order valence-corrected chi connectivity index (χ0v) is 15.0. The van der Waals surface area contributed by atoms with Crippen LogP contribution in [-0.2, 0) is 0 Å². The number of aromatic nitrogens is 2. The summed E-state index contributed by atoms with van der Waals surface area (Å²) in [6.45, 7) is 11.5. The van der Waals surface area contributed by atoms with Crippen molar-refractivity contribution in [2.24, 2.45) is 0 Å². The molecule has 5 heteroatoms. The molecule has 0 saturated carbocycles. The van der Waals surface area contributed by atoms with Crippen molar-refractivity contribution in [3.63, 3.8) is 0 Å². The summed E-state index contributed by atoms with van der Waals surface area (Å²) in [6, 6.07) is 7.79. The van der Waals surface area contributed by atoms with Crippen LogP contribution >= 0.6 is 15.9 Å². The van der Waals surface area contributed by atoms with Gasteiger partial charge in [0.15, 0.2) is 5.70 Å². The van der Waals surface area contributed by atoms with Crippen molar-refractivity contribution in [3.8, 4) is 5.75 Å². The Kier molecular flexibility index (Phi) is 4.68. The summed E-state index contributed by atoms with van der Waals surface area (Å²) in [6.07, 6.45) is 7.14. The molecule has 0 saturated heterocycles. The fourth-order valence-electron chi connectivity index (χ4n) is 2.49. The highest BCUT2D eigenvalue weighted by atomic mass is 79.9. The molecular formula is C19H16BrN3O. The van der Waals surface area contributed by atoms with Gasteiger partial charge in [-0.1, -0.05) is 15.9 Å². The van der Waals surface area contributed by atoms with Crippen molar-refractivity contribution in [1.29, 1.82) is 0 Å². The molecule has 0 aliphatic heterocycles. The minimum absolute atomic E-state index is 0.0555. The average molecular weight is 382 g/mol. The van der Waals surface area contributed by atoms with Crippen molar-refractivity contribution in [2.75, 3.05) is 0 Å². The Hall–Kier alpha value is -2.58. The third-order valence-corrected chi connectivity index (χ3v) is 4.00. The van der Waals surface area contributed by atoms with Gasteiger partial charge < -0.3 is 9.72 Å². The highest BCUT2D eigenvalue weighted by molar-refractivity contribution is 9.10. The first kappa shape index (κ1) is 16.3. The van der Waals surface area contributed by atoms with E-state index in [2.05, 4.69) is 30.7 Å². The molecule has 0 fully saturated rings. The summed E-state index contributed by atoms with van der Waals surface area (Å²) < 4.78 is 6.79. The number of rotatable bonds is 4. The second kappa shape index (κ2) is 6.90. The average Bonchev–Trinajstić information content (AvgIpc) is 2.96. The molecule has 0 amide bonds. The lowest BCUT2D eigenvalue weighted by molar-refractivity contribution is 0.241. The predicted octanol–water partition coefficient (Wildman–Crippen LogP) is 5.53. The summed E-state index contributed by atoms with van der Waals surface area (Å²) in [5.41, 5.74) is 3.19. The van der Waals surface area contributed by atoms with E-state index in [1.807, 2.05) is 50.4 Å². The van der Waals surface area contributed by atoms with Crippen LogP contribution in [0.3, 0.4) is 0 Å². The van der Waals surface area contributed by atoms with Gasteiger partial charge in [-0.3, -0.25) is 4.98 Å². The Morgan fingerprint density at radius 1 is 1.38 bits per heavy atom. The zero-order chi connectivity index (χ0) is 17.1. The first-order chi connectivity index (χ1) is 11.6. The summed E-state index contributed by atoms with van der Waals surface area (Å²) >= 11 is 3.49. The van der Waals surface area contributed by atoms with E-state index >= 15 is 0 Å². The third-order valence-electron chi connectivity index (χ3n) is 3.51. The normalized spacial score (nSPS) is 11.7. The molecular weight excluding hydrogens is 366 g/mol. The van der Waals surface area contributed by atoms with Crippen molar-refractivity contribution in [1.82, 2.24) is 9.97 Å². The molecule has 2 heterocycles. The van der Waals surface area contributed by atoms with E-state index in [1.165, 1.54) is 0 Å². The maximum Gasteiger partial charge on any atom is 0.197 e. The lowest BCUT2D eigenvalue weighted by Crippen LogP contribution is -2.06. The molecule has 24 heavy (non-hydrogen) atoms. The Labute approximate surface area is 149 Å². The van der Waals surface area contributed by atoms with E-state index in [0.717, 1.165) is 32.3 Å². The Morgan fingerprint density at radius 3 is 2.96 bits per heavy atom. The number of nitrogens with one attached hydrogen (secondary N) is 1. The van der Waals surface area contributed by atoms with Gasteiger partial charge in [-0.2, -0.15) is 0 Å². The van der Waals surface area contributed by atoms with Crippen LogP contribution in [0.5, 0.6) is 5.75 Å². The number of hydrogen-bond acceptors (Lipinski definition) is 2. The molecule has 120 valence electrons. The SMILES string of the molecule is [C-]#[N+]/C(=C\c1cnccc1OC(C)C)c1c[nH]c2ccc(Br)cc12. The molecule has 1 N–H and O–H groups in total. The lowest BCUT2D eigenvalue weighted by Gasteiger charge is -2.12. The number of fused-ring (bicyclic) bond motifs is 1. The molecule has 0 aliphatic carbocycles. The van der Waals surface area contributed by atoms with E-state index in [-0.39, 0.29) is 6.10 Å². The molecule has 0 bridgehead atoms. The van der Waals surface area contributed by atoms with E-state index < -0.39 is 0 Å². The first-order valence-electron chi connectivity index (χ1n) is 7.55. The number of aromatic amines is 1. The largest absolute Gasteiger partial charge is 0.490 e. The summed E-state index contributed by atoms with van der Waals surface area (Å²) in [7, 11) is 0. The van der Waals surface area contributed by atoms with Crippen molar-refractivity contribution in [2.45, 2.75) is 20.0 Å². The second-order valence-corrected chi connectivity index (χ2v) is 6.53. The molecule has 1 aromatic carbocycles. The van der Waals surface area contributed by atoms with Gasteiger partial charge in [-0.15, -0.1) is 0 Å².